The largest absolute Gasteiger partial charge is 0.466 e. The number of carbonyl (C=O) groups excluding carboxylic acids is 1. The molecule has 19 heavy (non-hydrogen) atoms. The van der Waals surface area contributed by atoms with Crippen molar-refractivity contribution >= 4 is 16.2 Å². The van der Waals surface area contributed by atoms with E-state index in [1.54, 1.807) is 13.8 Å². The lowest BCUT2D eigenvalue weighted by atomic mass is 9.98. The van der Waals surface area contributed by atoms with Crippen LogP contribution in [0, 0.1) is 5.92 Å². The fourth-order valence-electron chi connectivity index (χ4n) is 1.96. The second-order valence-electron chi connectivity index (χ2n) is 4.63. The van der Waals surface area contributed by atoms with Crippen LogP contribution in [-0.2, 0) is 19.7 Å². The summed E-state index contributed by atoms with van der Waals surface area (Å²) in [6, 6.07) is -0.521. The quantitative estimate of drug-likeness (QED) is 0.642. The summed E-state index contributed by atoms with van der Waals surface area (Å²) in [5, 5.41) is 8.86. The van der Waals surface area contributed by atoms with Gasteiger partial charge in [0.2, 0.25) is 0 Å². The molecule has 0 aromatic heterocycles. The predicted molar refractivity (Wildman–Crippen MR) is 69.5 cm³/mol. The fourth-order valence-corrected chi connectivity index (χ4v) is 3.38. The molecule has 1 fully saturated rings. The fraction of sp³-hybridized carbons (Fsp3) is 0.909. The van der Waals surface area contributed by atoms with Crippen molar-refractivity contribution in [3.63, 3.8) is 0 Å². The Morgan fingerprint density at radius 2 is 2.05 bits per heavy atom. The molecular formula is C11H22N2O5S. The molecule has 0 spiro atoms. The highest BCUT2D eigenvalue weighted by Gasteiger charge is 2.32. The maximum absolute atomic E-state index is 11.9. The molecule has 1 rings (SSSR count). The zero-order chi connectivity index (χ0) is 14.5. The number of rotatable bonds is 6. The van der Waals surface area contributed by atoms with Gasteiger partial charge in [-0.05, 0) is 26.7 Å². The Labute approximate surface area is 114 Å². The predicted octanol–water partition coefficient (Wildman–Crippen LogP) is -0.523. The molecule has 112 valence electrons. The van der Waals surface area contributed by atoms with Crippen molar-refractivity contribution in [2.75, 3.05) is 26.3 Å². The third-order valence-electron chi connectivity index (χ3n) is 3.04. The molecule has 1 atom stereocenters. The van der Waals surface area contributed by atoms with Crippen molar-refractivity contribution in [3.8, 4) is 0 Å². The van der Waals surface area contributed by atoms with Crippen LogP contribution in [0.1, 0.15) is 26.7 Å². The summed E-state index contributed by atoms with van der Waals surface area (Å²) in [5.74, 6) is -0.474. The summed E-state index contributed by atoms with van der Waals surface area (Å²) in [4.78, 5) is 11.5. The number of carbonyl (C=O) groups is 1. The van der Waals surface area contributed by atoms with Gasteiger partial charge < -0.3 is 9.84 Å². The molecule has 0 saturated carbocycles. The van der Waals surface area contributed by atoms with Crippen molar-refractivity contribution in [2.24, 2.45) is 5.92 Å². The Bertz CT molecular complexity index is 390. The standard InChI is InChI=1S/C11H22N2O5S/c1-3-18-11(15)10-4-6-13(7-5-10)19(16,17)12-9(2)8-14/h9-10,12,14H,3-8H2,1-2H3. The number of hydrogen-bond donors (Lipinski definition) is 2. The summed E-state index contributed by atoms with van der Waals surface area (Å²) in [7, 11) is -3.58. The second kappa shape index (κ2) is 7.18. The first-order valence-corrected chi connectivity index (χ1v) is 7.89. The van der Waals surface area contributed by atoms with Crippen LogP contribution in [0.2, 0.25) is 0 Å². The molecule has 0 amide bonds. The molecule has 1 unspecified atom stereocenters. The lowest BCUT2D eigenvalue weighted by molar-refractivity contribution is -0.149. The maximum atomic E-state index is 11.9. The van der Waals surface area contributed by atoms with Crippen molar-refractivity contribution < 1.29 is 23.1 Å². The van der Waals surface area contributed by atoms with E-state index < -0.39 is 16.3 Å². The number of esters is 1. The summed E-state index contributed by atoms with van der Waals surface area (Å²) in [6.07, 6.45) is 0.931. The minimum absolute atomic E-state index is 0.221. The molecule has 1 saturated heterocycles. The SMILES string of the molecule is CCOC(=O)C1CCN(S(=O)(=O)NC(C)CO)CC1. The van der Waals surface area contributed by atoms with E-state index in [1.165, 1.54) is 4.31 Å². The molecule has 7 nitrogen and oxygen atoms in total. The van der Waals surface area contributed by atoms with Gasteiger partial charge in [0.25, 0.3) is 10.2 Å². The van der Waals surface area contributed by atoms with Crippen LogP contribution in [-0.4, -0.2) is 56.1 Å². The van der Waals surface area contributed by atoms with E-state index in [1.807, 2.05) is 0 Å². The molecule has 0 aromatic rings. The Kier molecular flexibility index (Phi) is 6.18. The zero-order valence-corrected chi connectivity index (χ0v) is 12.1. The third-order valence-corrected chi connectivity index (χ3v) is 4.78. The van der Waals surface area contributed by atoms with Gasteiger partial charge in [-0.1, -0.05) is 0 Å². The van der Waals surface area contributed by atoms with Crippen LogP contribution < -0.4 is 4.72 Å². The Morgan fingerprint density at radius 3 is 2.53 bits per heavy atom. The molecule has 2 N–H and O–H groups in total. The van der Waals surface area contributed by atoms with Crippen LogP contribution in [0.4, 0.5) is 0 Å². The van der Waals surface area contributed by atoms with E-state index >= 15 is 0 Å². The highest BCUT2D eigenvalue weighted by molar-refractivity contribution is 7.87. The van der Waals surface area contributed by atoms with E-state index in [4.69, 9.17) is 9.84 Å². The minimum Gasteiger partial charge on any atom is -0.466 e. The molecule has 0 bridgehead atoms. The van der Waals surface area contributed by atoms with Gasteiger partial charge in [-0.25, -0.2) is 0 Å². The van der Waals surface area contributed by atoms with Crippen LogP contribution in [0.5, 0.6) is 0 Å². The third kappa shape index (κ3) is 4.72. The van der Waals surface area contributed by atoms with Gasteiger partial charge in [0.15, 0.2) is 0 Å². The molecule has 1 aliphatic rings. The lowest BCUT2D eigenvalue weighted by Gasteiger charge is -2.30. The minimum atomic E-state index is -3.58. The summed E-state index contributed by atoms with van der Waals surface area (Å²) in [5.41, 5.74) is 0. The molecule has 1 aliphatic heterocycles. The highest BCUT2D eigenvalue weighted by atomic mass is 32.2. The molecule has 8 heteroatoms. The van der Waals surface area contributed by atoms with Gasteiger partial charge in [-0.2, -0.15) is 17.4 Å². The summed E-state index contributed by atoms with van der Waals surface area (Å²) in [6.45, 7) is 4.00. The highest BCUT2D eigenvalue weighted by Crippen LogP contribution is 2.20. The van der Waals surface area contributed by atoms with Crippen LogP contribution in [0.3, 0.4) is 0 Å². The lowest BCUT2D eigenvalue weighted by Crippen LogP contribution is -2.49. The van der Waals surface area contributed by atoms with Gasteiger partial charge in [0.1, 0.15) is 0 Å². The Morgan fingerprint density at radius 1 is 1.47 bits per heavy atom. The summed E-state index contributed by atoms with van der Waals surface area (Å²) < 4.78 is 32.5. The second-order valence-corrected chi connectivity index (χ2v) is 6.33. The van der Waals surface area contributed by atoms with E-state index in [9.17, 15) is 13.2 Å². The van der Waals surface area contributed by atoms with E-state index in [0.717, 1.165) is 0 Å². The van der Waals surface area contributed by atoms with Gasteiger partial charge >= 0.3 is 5.97 Å². The molecule has 1 heterocycles. The number of piperidine rings is 1. The van der Waals surface area contributed by atoms with E-state index in [2.05, 4.69) is 4.72 Å². The topological polar surface area (TPSA) is 95.9 Å². The number of hydrogen-bond acceptors (Lipinski definition) is 5. The number of ether oxygens (including phenoxy) is 1. The number of nitrogens with zero attached hydrogens (tertiary/aromatic N) is 1. The Balaban J connectivity index is 2.51. The Hall–Kier alpha value is -0.700. The van der Waals surface area contributed by atoms with E-state index in [-0.39, 0.29) is 31.6 Å². The van der Waals surface area contributed by atoms with Gasteiger partial charge in [-0.3, -0.25) is 4.79 Å². The molecule has 0 aromatic carbocycles. The van der Waals surface area contributed by atoms with Crippen molar-refractivity contribution in [1.82, 2.24) is 9.03 Å². The zero-order valence-electron chi connectivity index (χ0n) is 11.3. The van der Waals surface area contributed by atoms with Gasteiger partial charge in [0.05, 0.1) is 19.1 Å². The van der Waals surface area contributed by atoms with Crippen molar-refractivity contribution in [3.05, 3.63) is 0 Å². The van der Waals surface area contributed by atoms with Gasteiger partial charge in [0, 0.05) is 19.1 Å². The molecular weight excluding hydrogens is 272 g/mol. The number of aliphatic hydroxyl groups excluding tert-OH is 1. The normalized spacial score (nSPS) is 20.2. The van der Waals surface area contributed by atoms with Crippen LogP contribution in [0.15, 0.2) is 0 Å². The van der Waals surface area contributed by atoms with Crippen LogP contribution in [0.25, 0.3) is 0 Å². The van der Waals surface area contributed by atoms with Crippen molar-refractivity contribution in [1.29, 1.82) is 0 Å². The van der Waals surface area contributed by atoms with E-state index in [0.29, 0.717) is 19.4 Å². The smallest absolute Gasteiger partial charge is 0.309 e. The first-order chi connectivity index (χ1) is 8.90. The first kappa shape index (κ1) is 16.4. The van der Waals surface area contributed by atoms with Gasteiger partial charge in [-0.15, -0.1) is 0 Å². The first-order valence-electron chi connectivity index (χ1n) is 6.45. The maximum Gasteiger partial charge on any atom is 0.309 e. The average molecular weight is 294 g/mol. The number of aliphatic hydroxyl groups is 1. The van der Waals surface area contributed by atoms with Crippen LogP contribution >= 0.6 is 0 Å². The monoisotopic (exact) mass is 294 g/mol. The molecule has 0 aliphatic carbocycles. The van der Waals surface area contributed by atoms with Crippen molar-refractivity contribution in [2.45, 2.75) is 32.7 Å². The molecule has 0 radical (unpaired) electrons. The summed E-state index contributed by atoms with van der Waals surface area (Å²) >= 11 is 0. The average Bonchev–Trinajstić information content (AvgIpc) is 2.38. The number of nitrogens with one attached hydrogen (secondary N) is 1.